The molecule has 0 aromatic carbocycles. The van der Waals surface area contributed by atoms with E-state index >= 15 is 0 Å². The number of amides is 1. The molecule has 98 valence electrons. The van der Waals surface area contributed by atoms with Gasteiger partial charge in [0.1, 0.15) is 11.5 Å². The molecule has 1 saturated heterocycles. The second-order valence-electron chi connectivity index (χ2n) is 4.83. The van der Waals surface area contributed by atoms with Crippen molar-refractivity contribution in [1.82, 2.24) is 4.90 Å². The van der Waals surface area contributed by atoms with E-state index in [0.29, 0.717) is 0 Å². The van der Waals surface area contributed by atoms with Gasteiger partial charge in [0.2, 0.25) is 5.91 Å². The van der Waals surface area contributed by atoms with Crippen molar-refractivity contribution in [1.29, 1.82) is 0 Å². The van der Waals surface area contributed by atoms with Gasteiger partial charge < -0.3 is 14.4 Å². The van der Waals surface area contributed by atoms with Crippen LogP contribution in [0.25, 0.3) is 0 Å². The molecule has 1 N–H and O–H groups in total. The molecular weight excluding hydrogens is 234 g/mol. The van der Waals surface area contributed by atoms with E-state index in [1.54, 1.807) is 4.90 Å². The quantitative estimate of drug-likeness (QED) is 0.890. The Bertz CT molecular complexity index is 491. The molecule has 1 fully saturated rings. The van der Waals surface area contributed by atoms with E-state index in [0.717, 1.165) is 17.1 Å². The highest BCUT2D eigenvalue weighted by Crippen LogP contribution is 2.31. The summed E-state index contributed by atoms with van der Waals surface area (Å²) in [7, 11) is 0. The number of furan rings is 1. The fourth-order valence-corrected chi connectivity index (χ4v) is 2.50. The van der Waals surface area contributed by atoms with Crippen LogP contribution in [0, 0.1) is 19.8 Å². The van der Waals surface area contributed by atoms with Crippen molar-refractivity contribution >= 4 is 11.9 Å². The summed E-state index contributed by atoms with van der Waals surface area (Å²) in [5.41, 5.74) is 0.951. The molecular formula is C13H17NO4. The van der Waals surface area contributed by atoms with Crippen molar-refractivity contribution in [2.24, 2.45) is 5.92 Å². The minimum absolute atomic E-state index is 0.0928. The molecule has 1 amide bonds. The van der Waals surface area contributed by atoms with Gasteiger partial charge in [-0.15, -0.1) is 0 Å². The van der Waals surface area contributed by atoms with E-state index < -0.39 is 11.9 Å². The lowest BCUT2D eigenvalue weighted by atomic mass is 10.1. The molecule has 1 aromatic heterocycles. The first-order valence-electron chi connectivity index (χ1n) is 5.99. The monoisotopic (exact) mass is 251 g/mol. The predicted molar refractivity (Wildman–Crippen MR) is 64.1 cm³/mol. The smallest absolute Gasteiger partial charge is 0.308 e. The zero-order valence-electron chi connectivity index (χ0n) is 10.8. The van der Waals surface area contributed by atoms with Gasteiger partial charge in [0.15, 0.2) is 0 Å². The largest absolute Gasteiger partial charge is 0.481 e. The Morgan fingerprint density at radius 1 is 1.56 bits per heavy atom. The summed E-state index contributed by atoms with van der Waals surface area (Å²) in [4.78, 5) is 24.4. The van der Waals surface area contributed by atoms with Crippen LogP contribution in [0.15, 0.2) is 10.5 Å². The number of hydrogen-bond acceptors (Lipinski definition) is 3. The van der Waals surface area contributed by atoms with Gasteiger partial charge in [-0.2, -0.15) is 0 Å². The first-order valence-corrected chi connectivity index (χ1v) is 5.99. The Balaban J connectivity index is 2.19. The summed E-state index contributed by atoms with van der Waals surface area (Å²) < 4.78 is 5.45. The topological polar surface area (TPSA) is 70.8 Å². The molecule has 1 aromatic rings. The maximum Gasteiger partial charge on any atom is 0.308 e. The minimum atomic E-state index is -0.904. The number of likely N-dealkylation sites (tertiary alicyclic amines) is 1. The van der Waals surface area contributed by atoms with E-state index in [9.17, 15) is 9.59 Å². The molecule has 0 aliphatic carbocycles. The highest BCUT2D eigenvalue weighted by atomic mass is 16.4. The van der Waals surface area contributed by atoms with Crippen LogP contribution in [-0.2, 0) is 9.59 Å². The van der Waals surface area contributed by atoms with Gasteiger partial charge in [-0.05, 0) is 26.8 Å². The summed E-state index contributed by atoms with van der Waals surface area (Å²) in [6.45, 7) is 5.89. The second kappa shape index (κ2) is 4.48. The molecule has 5 heteroatoms. The van der Waals surface area contributed by atoms with Crippen molar-refractivity contribution in [3.05, 3.63) is 23.2 Å². The highest BCUT2D eigenvalue weighted by molar-refractivity contribution is 5.86. The highest BCUT2D eigenvalue weighted by Gasteiger charge is 2.37. The average Bonchev–Trinajstić information content (AvgIpc) is 2.81. The zero-order valence-corrected chi connectivity index (χ0v) is 10.8. The third kappa shape index (κ3) is 2.12. The van der Waals surface area contributed by atoms with Crippen LogP contribution in [0.5, 0.6) is 0 Å². The third-order valence-corrected chi connectivity index (χ3v) is 3.50. The number of aliphatic carboxylic acids is 1. The Morgan fingerprint density at radius 2 is 2.22 bits per heavy atom. The fraction of sp³-hybridized carbons (Fsp3) is 0.538. The van der Waals surface area contributed by atoms with Gasteiger partial charge >= 0.3 is 5.97 Å². The van der Waals surface area contributed by atoms with E-state index in [-0.39, 0.29) is 24.9 Å². The average molecular weight is 251 g/mol. The van der Waals surface area contributed by atoms with Gasteiger partial charge in [-0.3, -0.25) is 9.59 Å². The van der Waals surface area contributed by atoms with E-state index in [1.165, 1.54) is 0 Å². The van der Waals surface area contributed by atoms with Crippen LogP contribution in [0.1, 0.15) is 36.5 Å². The summed E-state index contributed by atoms with van der Waals surface area (Å²) in [5, 5.41) is 8.96. The second-order valence-corrected chi connectivity index (χ2v) is 4.83. The number of rotatable bonds is 3. The molecule has 2 unspecified atom stereocenters. The van der Waals surface area contributed by atoms with Crippen LogP contribution in [0.2, 0.25) is 0 Å². The van der Waals surface area contributed by atoms with Gasteiger partial charge in [-0.1, -0.05) is 0 Å². The van der Waals surface area contributed by atoms with Crippen molar-refractivity contribution in [2.75, 3.05) is 6.54 Å². The van der Waals surface area contributed by atoms with Crippen LogP contribution < -0.4 is 0 Å². The molecule has 2 atom stereocenters. The number of carbonyl (C=O) groups is 2. The summed E-state index contributed by atoms with van der Waals surface area (Å²) in [6.07, 6.45) is 0.0928. The van der Waals surface area contributed by atoms with Crippen LogP contribution in [-0.4, -0.2) is 28.4 Å². The number of carboxylic acids is 1. The van der Waals surface area contributed by atoms with E-state index in [1.807, 2.05) is 26.8 Å². The summed E-state index contributed by atoms with van der Waals surface area (Å²) in [6, 6.07) is 1.76. The Hall–Kier alpha value is -1.78. The van der Waals surface area contributed by atoms with Gasteiger partial charge in [0.05, 0.1) is 12.0 Å². The summed E-state index contributed by atoms with van der Waals surface area (Å²) >= 11 is 0. The Kier molecular flexibility index (Phi) is 3.15. The van der Waals surface area contributed by atoms with Crippen LogP contribution in [0.3, 0.4) is 0 Å². The maximum absolute atomic E-state index is 11.9. The standard InChI is InChI=1S/C13H17NO4/c1-7-4-11(9(3)18-7)8(2)14-6-10(13(16)17)5-12(14)15/h4,8,10H,5-6H2,1-3H3,(H,16,17). The molecule has 1 aliphatic heterocycles. The maximum atomic E-state index is 11.9. The number of carbonyl (C=O) groups excluding carboxylic acids is 1. The first kappa shape index (κ1) is 12.7. The minimum Gasteiger partial charge on any atom is -0.481 e. The number of nitrogens with zero attached hydrogens (tertiary/aromatic N) is 1. The molecule has 0 radical (unpaired) electrons. The first-order chi connectivity index (χ1) is 8.40. The van der Waals surface area contributed by atoms with Crippen molar-refractivity contribution in [3.63, 3.8) is 0 Å². The molecule has 0 bridgehead atoms. The zero-order chi connectivity index (χ0) is 13.4. The fourth-order valence-electron chi connectivity index (χ4n) is 2.50. The molecule has 0 saturated carbocycles. The molecule has 18 heavy (non-hydrogen) atoms. The lowest BCUT2D eigenvalue weighted by Gasteiger charge is -2.24. The molecule has 0 spiro atoms. The van der Waals surface area contributed by atoms with Gasteiger partial charge in [0, 0.05) is 18.5 Å². The number of aryl methyl sites for hydroxylation is 2. The van der Waals surface area contributed by atoms with Crippen LogP contribution >= 0.6 is 0 Å². The SMILES string of the molecule is Cc1cc(C(C)N2CC(C(=O)O)CC2=O)c(C)o1. The molecule has 1 aliphatic rings. The normalized spacial score (nSPS) is 21.4. The number of hydrogen-bond donors (Lipinski definition) is 1. The lowest BCUT2D eigenvalue weighted by Crippen LogP contribution is -2.29. The molecule has 2 rings (SSSR count). The summed E-state index contributed by atoms with van der Waals surface area (Å²) in [5.74, 6) is -0.0121. The van der Waals surface area contributed by atoms with Crippen molar-refractivity contribution in [2.45, 2.75) is 33.2 Å². The Labute approximate surface area is 105 Å². The molecule has 5 nitrogen and oxygen atoms in total. The van der Waals surface area contributed by atoms with E-state index in [2.05, 4.69) is 0 Å². The van der Waals surface area contributed by atoms with Gasteiger partial charge in [-0.25, -0.2) is 0 Å². The van der Waals surface area contributed by atoms with E-state index in [4.69, 9.17) is 9.52 Å². The predicted octanol–water partition coefficient (Wildman–Crippen LogP) is 1.89. The van der Waals surface area contributed by atoms with Crippen molar-refractivity contribution in [3.8, 4) is 0 Å². The lowest BCUT2D eigenvalue weighted by molar-refractivity contribution is -0.141. The van der Waals surface area contributed by atoms with Gasteiger partial charge in [0.25, 0.3) is 0 Å². The van der Waals surface area contributed by atoms with Crippen molar-refractivity contribution < 1.29 is 19.1 Å². The Morgan fingerprint density at radius 3 is 2.67 bits per heavy atom. The van der Waals surface area contributed by atoms with Crippen LogP contribution in [0.4, 0.5) is 0 Å². The third-order valence-electron chi connectivity index (χ3n) is 3.50. The number of carboxylic acid groups (broad SMARTS) is 1. The molecule has 2 heterocycles.